The van der Waals surface area contributed by atoms with Crippen molar-refractivity contribution in [1.82, 2.24) is 5.32 Å². The molecule has 0 aliphatic carbocycles. The fourth-order valence-corrected chi connectivity index (χ4v) is 2.20. The van der Waals surface area contributed by atoms with Gasteiger partial charge in [0.25, 0.3) is 17.5 Å². The topological polar surface area (TPSA) is 101 Å². The van der Waals surface area contributed by atoms with Crippen LogP contribution in [0.15, 0.2) is 42.5 Å². The molecule has 0 saturated heterocycles. The van der Waals surface area contributed by atoms with Gasteiger partial charge in [-0.1, -0.05) is 11.6 Å². The second-order valence-electron chi connectivity index (χ2n) is 5.25. The molecule has 0 saturated carbocycles. The largest absolute Gasteiger partial charge is 0.405 e. The highest BCUT2D eigenvalue weighted by molar-refractivity contribution is 6.31. The van der Waals surface area contributed by atoms with Crippen molar-refractivity contribution in [3.05, 3.63) is 68.7 Å². The number of carbonyl (C=O) groups is 2. The van der Waals surface area contributed by atoms with Crippen LogP contribution in [-0.2, 0) is 0 Å². The molecule has 0 spiro atoms. The summed E-state index contributed by atoms with van der Waals surface area (Å²) in [5.74, 6) is -1.72. The van der Waals surface area contributed by atoms with E-state index in [-0.39, 0.29) is 21.8 Å². The van der Waals surface area contributed by atoms with Crippen molar-refractivity contribution in [1.29, 1.82) is 0 Å². The predicted octanol–water partition coefficient (Wildman–Crippen LogP) is 3.79. The Labute approximate surface area is 155 Å². The Kier molecular flexibility index (Phi) is 6.01. The van der Waals surface area contributed by atoms with Gasteiger partial charge in [0.1, 0.15) is 12.1 Å². The number of carbonyl (C=O) groups excluding carboxylic acids is 2. The number of hydrogen-bond donors (Lipinski definition) is 2. The van der Waals surface area contributed by atoms with E-state index in [2.05, 4.69) is 5.32 Å². The Bertz CT molecular complexity index is 885. The average molecular weight is 402 g/mol. The molecule has 0 aromatic heterocycles. The van der Waals surface area contributed by atoms with Crippen LogP contribution in [0, 0.1) is 10.1 Å². The molecule has 0 aliphatic rings. The molecule has 0 atom stereocenters. The van der Waals surface area contributed by atoms with Gasteiger partial charge in [-0.3, -0.25) is 19.7 Å². The van der Waals surface area contributed by atoms with Gasteiger partial charge < -0.3 is 10.6 Å². The molecular weight excluding hydrogens is 391 g/mol. The first-order valence-electron chi connectivity index (χ1n) is 7.27. The molecule has 7 nitrogen and oxygen atoms in total. The normalized spacial score (nSPS) is 11.0. The van der Waals surface area contributed by atoms with Crippen molar-refractivity contribution < 1.29 is 27.7 Å². The second-order valence-corrected chi connectivity index (χ2v) is 5.68. The molecule has 0 fully saturated rings. The van der Waals surface area contributed by atoms with Crippen LogP contribution in [0.1, 0.15) is 20.7 Å². The fraction of sp³-hybridized carbons (Fsp3) is 0.125. The lowest BCUT2D eigenvalue weighted by atomic mass is 10.1. The Hall–Kier alpha value is -3.14. The van der Waals surface area contributed by atoms with Crippen molar-refractivity contribution in [2.24, 2.45) is 0 Å². The zero-order valence-electron chi connectivity index (χ0n) is 13.3. The van der Waals surface area contributed by atoms with Crippen molar-refractivity contribution >= 4 is 34.8 Å². The van der Waals surface area contributed by atoms with Crippen LogP contribution in [0.3, 0.4) is 0 Å². The number of amides is 2. The highest BCUT2D eigenvalue weighted by Gasteiger charge is 2.28. The van der Waals surface area contributed by atoms with Gasteiger partial charge in [-0.15, -0.1) is 0 Å². The number of nitro benzene ring substituents is 1. The first kappa shape index (κ1) is 20.2. The zero-order valence-corrected chi connectivity index (χ0v) is 14.1. The number of alkyl halides is 3. The number of benzene rings is 2. The number of anilines is 1. The average Bonchev–Trinajstić information content (AvgIpc) is 2.59. The molecule has 0 bridgehead atoms. The molecule has 2 aromatic carbocycles. The van der Waals surface area contributed by atoms with Crippen LogP contribution >= 0.6 is 11.6 Å². The van der Waals surface area contributed by atoms with E-state index in [1.165, 1.54) is 36.4 Å². The molecule has 142 valence electrons. The molecule has 2 rings (SSSR count). The molecule has 2 amide bonds. The summed E-state index contributed by atoms with van der Waals surface area (Å²) in [7, 11) is 0. The smallest absolute Gasteiger partial charge is 0.343 e. The lowest BCUT2D eigenvalue weighted by molar-refractivity contribution is -0.385. The van der Waals surface area contributed by atoms with Gasteiger partial charge in [-0.2, -0.15) is 13.2 Å². The third-order valence-electron chi connectivity index (χ3n) is 3.26. The minimum atomic E-state index is -4.53. The summed E-state index contributed by atoms with van der Waals surface area (Å²) in [5, 5.41) is 15.2. The first-order chi connectivity index (χ1) is 12.6. The van der Waals surface area contributed by atoms with E-state index in [0.29, 0.717) is 0 Å². The number of nitrogens with one attached hydrogen (secondary N) is 2. The Morgan fingerprint density at radius 3 is 2.26 bits per heavy atom. The quantitative estimate of drug-likeness (QED) is 0.587. The van der Waals surface area contributed by atoms with Crippen LogP contribution < -0.4 is 10.6 Å². The lowest BCUT2D eigenvalue weighted by Crippen LogP contribution is -2.33. The van der Waals surface area contributed by atoms with Gasteiger partial charge in [-0.25, -0.2) is 0 Å². The summed E-state index contributed by atoms with van der Waals surface area (Å²) in [5.41, 5.74) is -0.564. The van der Waals surface area contributed by atoms with Crippen molar-refractivity contribution in [2.45, 2.75) is 6.18 Å². The van der Waals surface area contributed by atoms with Crippen molar-refractivity contribution in [3.8, 4) is 0 Å². The van der Waals surface area contributed by atoms with E-state index < -0.39 is 35.1 Å². The SMILES string of the molecule is O=C(NCC(F)(F)F)c1ccc(NC(=O)c2ccc(Cl)cc2[N+](=O)[O-])cc1. The highest BCUT2D eigenvalue weighted by Crippen LogP contribution is 2.24. The van der Waals surface area contributed by atoms with E-state index in [0.717, 1.165) is 6.07 Å². The summed E-state index contributed by atoms with van der Waals surface area (Å²) in [4.78, 5) is 34.1. The van der Waals surface area contributed by atoms with Gasteiger partial charge >= 0.3 is 6.18 Å². The molecule has 2 N–H and O–H groups in total. The Morgan fingerprint density at radius 2 is 1.70 bits per heavy atom. The zero-order chi connectivity index (χ0) is 20.2. The van der Waals surface area contributed by atoms with Gasteiger partial charge in [0.05, 0.1) is 4.92 Å². The molecule has 0 radical (unpaired) electrons. The molecular formula is C16H11ClF3N3O4. The monoisotopic (exact) mass is 401 g/mol. The first-order valence-corrected chi connectivity index (χ1v) is 7.65. The molecule has 0 unspecified atom stereocenters. The van der Waals surface area contributed by atoms with Gasteiger partial charge in [0, 0.05) is 22.3 Å². The van der Waals surface area contributed by atoms with Crippen LogP contribution in [0.5, 0.6) is 0 Å². The number of hydrogen-bond acceptors (Lipinski definition) is 4. The summed E-state index contributed by atoms with van der Waals surface area (Å²) in [6.45, 7) is -1.47. The summed E-state index contributed by atoms with van der Waals surface area (Å²) in [6.07, 6.45) is -4.53. The van der Waals surface area contributed by atoms with E-state index in [4.69, 9.17) is 11.6 Å². The molecule has 11 heteroatoms. The minimum Gasteiger partial charge on any atom is -0.343 e. The van der Waals surface area contributed by atoms with Crippen molar-refractivity contribution in [3.63, 3.8) is 0 Å². The van der Waals surface area contributed by atoms with Crippen LogP contribution in [-0.4, -0.2) is 29.5 Å². The molecule has 0 heterocycles. The Morgan fingerprint density at radius 1 is 1.07 bits per heavy atom. The van der Waals surface area contributed by atoms with Gasteiger partial charge in [0.15, 0.2) is 0 Å². The van der Waals surface area contributed by atoms with Crippen LogP contribution in [0.4, 0.5) is 24.5 Å². The summed E-state index contributed by atoms with van der Waals surface area (Å²) >= 11 is 5.68. The third-order valence-corrected chi connectivity index (χ3v) is 3.49. The van der Waals surface area contributed by atoms with Crippen molar-refractivity contribution in [2.75, 3.05) is 11.9 Å². The maximum Gasteiger partial charge on any atom is 0.405 e. The number of nitrogens with zero attached hydrogens (tertiary/aromatic N) is 1. The second kappa shape index (κ2) is 8.04. The Balaban J connectivity index is 2.10. The minimum absolute atomic E-state index is 0.0466. The number of halogens is 4. The van der Waals surface area contributed by atoms with E-state index in [9.17, 15) is 32.9 Å². The summed E-state index contributed by atoms with van der Waals surface area (Å²) in [6, 6.07) is 8.51. The van der Waals surface area contributed by atoms with E-state index >= 15 is 0 Å². The van der Waals surface area contributed by atoms with Crippen LogP contribution in [0.2, 0.25) is 5.02 Å². The van der Waals surface area contributed by atoms with Gasteiger partial charge in [0.2, 0.25) is 0 Å². The summed E-state index contributed by atoms with van der Waals surface area (Å²) < 4.78 is 36.3. The molecule has 27 heavy (non-hydrogen) atoms. The number of rotatable bonds is 5. The molecule has 0 aliphatic heterocycles. The highest BCUT2D eigenvalue weighted by atomic mass is 35.5. The van der Waals surface area contributed by atoms with E-state index in [1.807, 2.05) is 0 Å². The fourth-order valence-electron chi connectivity index (χ4n) is 2.03. The van der Waals surface area contributed by atoms with Gasteiger partial charge in [-0.05, 0) is 36.4 Å². The van der Waals surface area contributed by atoms with E-state index in [1.54, 1.807) is 5.32 Å². The number of nitro groups is 1. The maximum atomic E-state index is 12.2. The lowest BCUT2D eigenvalue weighted by Gasteiger charge is -2.09. The third kappa shape index (κ3) is 5.68. The maximum absolute atomic E-state index is 12.2. The predicted molar refractivity (Wildman–Crippen MR) is 90.9 cm³/mol. The molecule has 2 aromatic rings. The standard InChI is InChI=1S/C16H11ClF3N3O4/c17-10-3-6-12(13(7-10)23(26)27)15(25)22-11-4-1-9(2-5-11)14(24)21-8-16(18,19)20/h1-7H,8H2,(H,21,24)(H,22,25). The van der Waals surface area contributed by atoms with Crippen LogP contribution in [0.25, 0.3) is 0 Å².